The van der Waals surface area contributed by atoms with Gasteiger partial charge in [-0.3, -0.25) is 0 Å². The molecule has 1 aromatic rings. The van der Waals surface area contributed by atoms with Crippen LogP contribution in [-0.2, 0) is 17.8 Å². The lowest BCUT2D eigenvalue weighted by Crippen LogP contribution is -1.79. The van der Waals surface area contributed by atoms with E-state index in [1.807, 2.05) is 0 Å². The van der Waals surface area contributed by atoms with Gasteiger partial charge >= 0.3 is 0 Å². The van der Waals surface area contributed by atoms with Crippen LogP contribution in [-0.4, -0.2) is 5.87 Å². The summed E-state index contributed by atoms with van der Waals surface area (Å²) in [5.74, 6) is 3.73. The maximum absolute atomic E-state index is 3.73. The Bertz CT molecular complexity index is 211. The quantitative estimate of drug-likeness (QED) is 0.448. The molecule has 0 radical (unpaired) electrons. The van der Waals surface area contributed by atoms with Crippen LogP contribution in [0.3, 0.4) is 0 Å². The summed E-state index contributed by atoms with van der Waals surface area (Å²) in [4.78, 5) is 1.23. The molecule has 0 aromatic heterocycles. The number of hydrogen-bond acceptors (Lipinski definition) is 0. The van der Waals surface area contributed by atoms with Crippen molar-refractivity contribution in [2.75, 3.05) is 0 Å². The van der Waals surface area contributed by atoms with Gasteiger partial charge < -0.3 is 0 Å². The minimum atomic E-state index is 1.11. The van der Waals surface area contributed by atoms with Crippen molar-refractivity contribution in [3.63, 3.8) is 0 Å². The molecule has 0 unspecified atom stereocenters. The molecule has 10 heavy (non-hydrogen) atoms. The predicted octanol–water partition coefficient (Wildman–Crippen LogP) is 2.12. The van der Waals surface area contributed by atoms with Gasteiger partial charge in [0.1, 0.15) is 0 Å². The van der Waals surface area contributed by atoms with E-state index in [4.69, 9.17) is 0 Å². The summed E-state index contributed by atoms with van der Waals surface area (Å²) in [6.07, 6.45) is 1.11. The summed E-state index contributed by atoms with van der Waals surface area (Å²) in [7, 11) is 0. The fourth-order valence-corrected chi connectivity index (χ4v) is 1.15. The lowest BCUT2D eigenvalue weighted by molar-refractivity contribution is 1.13. The van der Waals surface area contributed by atoms with Crippen LogP contribution in [0.15, 0.2) is 29.2 Å². The average molecular weight is 151 g/mol. The first-order valence-electron chi connectivity index (χ1n) is 3.37. The summed E-state index contributed by atoms with van der Waals surface area (Å²) in [5.41, 5.74) is 1.39. The van der Waals surface area contributed by atoms with Crippen molar-refractivity contribution in [2.24, 2.45) is 0 Å². The summed E-state index contributed by atoms with van der Waals surface area (Å²) in [6.45, 7) is 2.16. The fraction of sp³-hybridized carbons (Fsp3) is 0.222. The van der Waals surface area contributed by atoms with Gasteiger partial charge in [0.15, 0.2) is 5.87 Å². The van der Waals surface area contributed by atoms with Crippen molar-refractivity contribution < 1.29 is 0 Å². The van der Waals surface area contributed by atoms with E-state index in [1.165, 1.54) is 21.8 Å². The van der Waals surface area contributed by atoms with Gasteiger partial charge in [-0.1, -0.05) is 19.1 Å². The Morgan fingerprint density at radius 3 is 2.30 bits per heavy atom. The maximum Gasteiger partial charge on any atom is 0.230 e. The monoisotopic (exact) mass is 151 g/mol. The van der Waals surface area contributed by atoms with Crippen LogP contribution in [0.2, 0.25) is 0 Å². The van der Waals surface area contributed by atoms with Gasteiger partial charge in [-0.15, -0.1) is 0 Å². The highest BCUT2D eigenvalue weighted by Gasteiger charge is 1.96. The zero-order chi connectivity index (χ0) is 7.40. The highest BCUT2D eigenvalue weighted by molar-refractivity contribution is 7.76. The third-order valence-corrected chi connectivity index (χ3v) is 2.10. The minimum Gasteiger partial charge on any atom is -0.0613 e. The van der Waals surface area contributed by atoms with E-state index in [1.54, 1.807) is 0 Å². The Balaban J connectivity index is 2.90. The van der Waals surface area contributed by atoms with E-state index in [0.29, 0.717) is 0 Å². The van der Waals surface area contributed by atoms with E-state index in [9.17, 15) is 0 Å². The minimum absolute atomic E-state index is 1.11. The Hall–Kier alpha value is -0.690. The number of rotatable bonds is 2. The van der Waals surface area contributed by atoms with Gasteiger partial charge in [-0.05, 0) is 12.0 Å². The molecule has 0 bridgehead atoms. The van der Waals surface area contributed by atoms with Crippen molar-refractivity contribution in [1.82, 2.24) is 0 Å². The van der Waals surface area contributed by atoms with Crippen molar-refractivity contribution in [2.45, 2.75) is 18.2 Å². The van der Waals surface area contributed by atoms with Crippen LogP contribution in [0.4, 0.5) is 0 Å². The summed E-state index contributed by atoms with van der Waals surface area (Å²) >= 11 is 1.54. The smallest absolute Gasteiger partial charge is 0.0613 e. The average Bonchev–Trinajstić information content (AvgIpc) is 2.05. The molecule has 0 heterocycles. The molecular formula is C9H11S+. The maximum atomic E-state index is 3.73. The summed E-state index contributed by atoms with van der Waals surface area (Å²) in [6, 6.07) is 8.51. The molecule has 0 amide bonds. The second kappa shape index (κ2) is 3.47. The third-order valence-electron chi connectivity index (χ3n) is 1.50. The molecule has 1 rings (SSSR count). The van der Waals surface area contributed by atoms with Crippen molar-refractivity contribution >= 4 is 17.2 Å². The zero-order valence-corrected chi connectivity index (χ0v) is 6.95. The molecule has 0 fully saturated rings. The lowest BCUT2D eigenvalue weighted by atomic mass is 10.2. The van der Waals surface area contributed by atoms with Crippen LogP contribution >= 0.6 is 0 Å². The molecule has 1 aromatic carbocycles. The Morgan fingerprint density at radius 2 is 1.90 bits per heavy atom. The molecule has 0 saturated carbocycles. The number of benzene rings is 1. The highest BCUT2D eigenvalue weighted by atomic mass is 32.1. The molecule has 0 saturated heterocycles. The van der Waals surface area contributed by atoms with Crippen molar-refractivity contribution in [1.29, 1.82) is 0 Å². The standard InChI is InChI=1S/C9H11S/c1-3-8-4-6-9(10-2)7-5-8/h4-7H,2-3H2,1H3/q+1. The van der Waals surface area contributed by atoms with Crippen LogP contribution < -0.4 is 0 Å². The largest absolute Gasteiger partial charge is 0.230 e. The molecule has 0 N–H and O–H groups in total. The second-order valence-corrected chi connectivity index (χ2v) is 2.90. The topological polar surface area (TPSA) is 0 Å². The van der Waals surface area contributed by atoms with Crippen molar-refractivity contribution in [3.8, 4) is 0 Å². The number of aryl methyl sites for hydroxylation is 1. The third kappa shape index (κ3) is 1.64. The zero-order valence-electron chi connectivity index (χ0n) is 6.13. The Morgan fingerprint density at radius 1 is 1.30 bits per heavy atom. The number of hydrogen-bond donors (Lipinski definition) is 0. The predicted molar refractivity (Wildman–Crippen MR) is 48.6 cm³/mol. The van der Waals surface area contributed by atoms with E-state index < -0.39 is 0 Å². The van der Waals surface area contributed by atoms with Gasteiger partial charge in [0.05, 0.1) is 0 Å². The second-order valence-electron chi connectivity index (χ2n) is 2.14. The van der Waals surface area contributed by atoms with E-state index in [2.05, 4.69) is 37.1 Å². The van der Waals surface area contributed by atoms with Gasteiger partial charge in [0.2, 0.25) is 16.2 Å². The molecule has 52 valence electrons. The van der Waals surface area contributed by atoms with E-state index in [-0.39, 0.29) is 0 Å². The molecule has 0 atom stereocenters. The SMILES string of the molecule is C=[S+]c1ccc(CC)cc1. The Labute approximate surface area is 65.9 Å². The first-order valence-corrected chi connectivity index (χ1v) is 4.36. The first-order chi connectivity index (χ1) is 4.86. The van der Waals surface area contributed by atoms with Crippen LogP contribution in [0, 0.1) is 0 Å². The van der Waals surface area contributed by atoms with Gasteiger partial charge in [0.25, 0.3) is 0 Å². The molecule has 0 aliphatic heterocycles. The normalized spacial score (nSPS) is 9.30. The first kappa shape index (κ1) is 7.42. The molecular weight excluding hydrogens is 140 g/mol. The molecule has 1 heteroatoms. The van der Waals surface area contributed by atoms with Crippen LogP contribution in [0.1, 0.15) is 12.5 Å². The summed E-state index contributed by atoms with van der Waals surface area (Å²) in [5, 5.41) is 0. The molecule has 0 aliphatic carbocycles. The van der Waals surface area contributed by atoms with Gasteiger partial charge in [-0.25, -0.2) is 0 Å². The fourth-order valence-electron chi connectivity index (χ4n) is 0.821. The lowest BCUT2D eigenvalue weighted by Gasteiger charge is -1.90. The van der Waals surface area contributed by atoms with Crippen molar-refractivity contribution in [3.05, 3.63) is 29.8 Å². The van der Waals surface area contributed by atoms with Gasteiger partial charge in [0, 0.05) is 12.1 Å². The molecule has 0 aliphatic rings. The van der Waals surface area contributed by atoms with Crippen LogP contribution in [0.5, 0.6) is 0 Å². The van der Waals surface area contributed by atoms with E-state index in [0.717, 1.165) is 6.42 Å². The molecule has 0 spiro atoms. The highest BCUT2D eigenvalue weighted by Crippen LogP contribution is 2.03. The Kier molecular flexibility index (Phi) is 2.57. The summed E-state index contributed by atoms with van der Waals surface area (Å²) < 4.78 is 0. The van der Waals surface area contributed by atoms with E-state index >= 15 is 0 Å². The molecule has 0 nitrogen and oxygen atoms in total. The van der Waals surface area contributed by atoms with Gasteiger partial charge in [-0.2, -0.15) is 0 Å². The van der Waals surface area contributed by atoms with Crippen LogP contribution in [0.25, 0.3) is 0 Å².